The number of carbonyl (C=O) groups excluding carboxylic acids is 1. The molecule has 5 N–H and O–H groups in total. The molecule has 0 bridgehead atoms. The minimum Gasteiger partial charge on any atom is -0.365 e. The number of nitrogens with two attached hydrogens (primary N) is 1. The van der Waals surface area contributed by atoms with E-state index in [0.29, 0.717) is 37.4 Å². The van der Waals surface area contributed by atoms with Crippen LogP contribution in [-0.4, -0.2) is 36.0 Å². The lowest BCUT2D eigenvalue weighted by Crippen LogP contribution is -2.45. The molecule has 1 rings (SSSR count). The van der Waals surface area contributed by atoms with E-state index in [-0.39, 0.29) is 24.2 Å². The van der Waals surface area contributed by atoms with E-state index in [0.717, 1.165) is 12.0 Å². The van der Waals surface area contributed by atoms with Crippen LogP contribution < -0.4 is 21.8 Å². The minimum absolute atomic E-state index is 0.121. The molecule has 29 heavy (non-hydrogen) atoms. The Morgan fingerprint density at radius 3 is 2.76 bits per heavy atom. The fourth-order valence-corrected chi connectivity index (χ4v) is 2.55. The molecule has 2 atom stereocenters. The number of hydrazine groups is 1. The highest BCUT2D eigenvalue weighted by Crippen LogP contribution is 2.10. The second-order valence-electron chi connectivity index (χ2n) is 7.05. The van der Waals surface area contributed by atoms with Crippen molar-refractivity contribution in [1.29, 1.82) is 0 Å². The molecule has 0 saturated carbocycles. The van der Waals surface area contributed by atoms with Crippen LogP contribution in [0.3, 0.4) is 0 Å². The Morgan fingerprint density at radius 1 is 1.41 bits per heavy atom. The minimum atomic E-state index is -0.782. The van der Waals surface area contributed by atoms with Crippen molar-refractivity contribution in [3.05, 3.63) is 45.3 Å². The van der Waals surface area contributed by atoms with Crippen LogP contribution in [0, 0.1) is 28.8 Å². The maximum atomic E-state index is 13.4. The Balaban J connectivity index is 2.65. The van der Waals surface area contributed by atoms with E-state index in [9.17, 15) is 19.3 Å². The largest absolute Gasteiger partial charge is 0.365 e. The molecule has 1 unspecified atom stereocenters. The van der Waals surface area contributed by atoms with Gasteiger partial charge in [-0.3, -0.25) is 4.79 Å². The van der Waals surface area contributed by atoms with E-state index in [1.54, 1.807) is 24.5 Å². The second kappa shape index (κ2) is 12.7. The fraction of sp³-hybridized carbons (Fsp3) is 0.579. The van der Waals surface area contributed by atoms with Crippen LogP contribution in [0.25, 0.3) is 0 Å². The van der Waals surface area contributed by atoms with Gasteiger partial charge in [0.25, 0.3) is 5.96 Å². The maximum Gasteiger partial charge on any atom is 0.251 e. The third kappa shape index (κ3) is 9.84. The molecule has 1 aromatic rings. The summed E-state index contributed by atoms with van der Waals surface area (Å²) in [4.78, 5) is 26.8. The first-order valence-electron chi connectivity index (χ1n) is 9.70. The molecule has 0 fully saturated rings. The molecule has 0 spiro atoms. The van der Waals surface area contributed by atoms with Crippen molar-refractivity contribution >= 4 is 11.9 Å². The molecule has 1 amide bonds. The van der Waals surface area contributed by atoms with Crippen LogP contribution >= 0.6 is 0 Å². The number of hydrogen-bond donors (Lipinski definition) is 4. The van der Waals surface area contributed by atoms with Gasteiger partial charge in [0.2, 0.25) is 5.91 Å². The molecular weight excluding hydrogens is 379 g/mol. The van der Waals surface area contributed by atoms with Crippen LogP contribution in [0.15, 0.2) is 23.2 Å². The summed E-state index contributed by atoms with van der Waals surface area (Å²) in [5, 5.41) is 15.7. The molecule has 0 aliphatic heterocycles. The third-order valence-corrected chi connectivity index (χ3v) is 4.55. The van der Waals surface area contributed by atoms with Crippen molar-refractivity contribution in [3.8, 4) is 0 Å². The van der Waals surface area contributed by atoms with Gasteiger partial charge >= 0.3 is 0 Å². The first-order valence-corrected chi connectivity index (χ1v) is 9.70. The van der Waals surface area contributed by atoms with Gasteiger partial charge in [0, 0.05) is 19.6 Å². The Kier molecular flexibility index (Phi) is 10.6. The smallest absolute Gasteiger partial charge is 0.251 e. The highest BCUT2D eigenvalue weighted by Gasteiger charge is 2.18. The van der Waals surface area contributed by atoms with Gasteiger partial charge in [0.05, 0.1) is 6.04 Å². The molecule has 1 aromatic carbocycles. The number of carbonyl (C=O) groups is 1. The monoisotopic (exact) mass is 410 g/mol. The van der Waals surface area contributed by atoms with Crippen molar-refractivity contribution in [2.75, 3.05) is 13.1 Å². The number of nitrogens with zero attached hydrogens (tertiary/aromatic N) is 2. The van der Waals surface area contributed by atoms with Gasteiger partial charge in [0.15, 0.2) is 5.03 Å². The van der Waals surface area contributed by atoms with Crippen LogP contribution in [0.2, 0.25) is 0 Å². The highest BCUT2D eigenvalue weighted by molar-refractivity contribution is 5.81. The quantitative estimate of drug-likeness (QED) is 0.136. The summed E-state index contributed by atoms with van der Waals surface area (Å²) in [7, 11) is 0. The predicted molar refractivity (Wildman–Crippen MR) is 110 cm³/mol. The average molecular weight is 410 g/mol. The van der Waals surface area contributed by atoms with Gasteiger partial charge in [-0.25, -0.2) is 19.5 Å². The molecule has 0 heterocycles. The third-order valence-electron chi connectivity index (χ3n) is 4.55. The van der Waals surface area contributed by atoms with E-state index in [2.05, 4.69) is 29.5 Å². The van der Waals surface area contributed by atoms with Crippen LogP contribution in [0.1, 0.15) is 44.2 Å². The van der Waals surface area contributed by atoms with Crippen molar-refractivity contribution in [1.82, 2.24) is 16.1 Å². The number of benzene rings is 1. The number of rotatable bonds is 12. The summed E-state index contributed by atoms with van der Waals surface area (Å²) in [5.41, 5.74) is 8.58. The number of nitro groups is 1. The Morgan fingerprint density at radius 2 is 2.14 bits per heavy atom. The number of halogens is 1. The Hall–Kier alpha value is -2.75. The standard InChI is InChI=1S/C19H31FN6O3/c1-4-13(2)11-24-18(27)17(6-5-9-22-19(21)25-26(28)29)23-12-15-7-8-16(20)14(3)10-15/h7-8,10,13,17,23H,4-6,9,11-12H2,1-3H3,(H,24,27)(H3,21,22,25)/t13?,17-/m0/s1. The van der Waals surface area contributed by atoms with Crippen molar-refractivity contribution < 1.29 is 14.2 Å². The molecule has 162 valence electrons. The Bertz CT molecular complexity index is 713. The van der Waals surface area contributed by atoms with Crippen molar-refractivity contribution in [2.24, 2.45) is 16.6 Å². The number of nitrogens with one attached hydrogen (secondary N) is 3. The lowest BCUT2D eigenvalue weighted by atomic mass is 10.1. The number of guanidine groups is 1. The molecule has 0 radical (unpaired) electrons. The lowest BCUT2D eigenvalue weighted by molar-refractivity contribution is -0.525. The average Bonchev–Trinajstić information content (AvgIpc) is 2.67. The van der Waals surface area contributed by atoms with E-state index in [1.165, 1.54) is 6.07 Å². The second-order valence-corrected chi connectivity index (χ2v) is 7.05. The van der Waals surface area contributed by atoms with Gasteiger partial charge in [-0.1, -0.05) is 37.8 Å². The zero-order valence-corrected chi connectivity index (χ0v) is 17.2. The van der Waals surface area contributed by atoms with Gasteiger partial charge in [-0.15, -0.1) is 0 Å². The summed E-state index contributed by atoms with van der Waals surface area (Å²) < 4.78 is 13.4. The van der Waals surface area contributed by atoms with Crippen LogP contribution in [0.5, 0.6) is 0 Å². The number of aliphatic imine (C=N–C) groups is 1. The zero-order chi connectivity index (χ0) is 21.8. The van der Waals surface area contributed by atoms with E-state index in [4.69, 9.17) is 5.73 Å². The molecule has 0 aliphatic carbocycles. The van der Waals surface area contributed by atoms with Gasteiger partial charge in [0.1, 0.15) is 5.82 Å². The van der Waals surface area contributed by atoms with Gasteiger partial charge in [-0.2, -0.15) is 0 Å². The first kappa shape index (κ1) is 24.3. The topological polar surface area (TPSA) is 135 Å². The summed E-state index contributed by atoms with van der Waals surface area (Å²) in [6.07, 6.45) is 1.95. The van der Waals surface area contributed by atoms with E-state index < -0.39 is 11.1 Å². The summed E-state index contributed by atoms with van der Waals surface area (Å²) in [5.74, 6) is -0.292. The summed E-state index contributed by atoms with van der Waals surface area (Å²) in [6.45, 7) is 7.06. The zero-order valence-electron chi connectivity index (χ0n) is 17.2. The van der Waals surface area contributed by atoms with Gasteiger partial charge < -0.3 is 16.4 Å². The Labute approximate surface area is 170 Å². The highest BCUT2D eigenvalue weighted by atomic mass is 19.1. The van der Waals surface area contributed by atoms with Crippen molar-refractivity contribution in [3.63, 3.8) is 0 Å². The normalized spacial score (nSPS) is 13.6. The maximum absolute atomic E-state index is 13.4. The van der Waals surface area contributed by atoms with Gasteiger partial charge in [-0.05, 0) is 42.9 Å². The van der Waals surface area contributed by atoms with Crippen LogP contribution in [-0.2, 0) is 11.3 Å². The molecule has 10 heteroatoms. The molecule has 0 saturated heterocycles. The van der Waals surface area contributed by atoms with E-state index >= 15 is 0 Å². The predicted octanol–water partition coefficient (Wildman–Crippen LogP) is 1.63. The van der Waals surface area contributed by atoms with E-state index in [1.807, 2.05) is 0 Å². The summed E-state index contributed by atoms with van der Waals surface area (Å²) in [6, 6.07) is 4.36. The fourth-order valence-electron chi connectivity index (χ4n) is 2.55. The molecular formula is C19H31FN6O3. The lowest BCUT2D eigenvalue weighted by Gasteiger charge is -2.20. The molecule has 0 aliphatic rings. The SMILES string of the molecule is CCC(C)CNC(=O)[C@H](CCCN=C(N)N[N+](=O)[O-])NCc1ccc(F)c(C)c1. The number of amides is 1. The number of hydrogen-bond acceptors (Lipinski definition) is 5. The van der Waals surface area contributed by atoms with Crippen LogP contribution in [0.4, 0.5) is 4.39 Å². The van der Waals surface area contributed by atoms with Crippen molar-refractivity contribution in [2.45, 2.75) is 52.6 Å². The molecule has 9 nitrogen and oxygen atoms in total. The molecule has 0 aromatic heterocycles. The summed E-state index contributed by atoms with van der Waals surface area (Å²) >= 11 is 0. The first-order chi connectivity index (χ1) is 13.7. The number of aryl methyl sites for hydroxylation is 1.